The van der Waals surface area contributed by atoms with Crippen LogP contribution in [-0.4, -0.2) is 0 Å². The van der Waals surface area contributed by atoms with Gasteiger partial charge in [0.1, 0.15) is 0 Å². The highest BCUT2D eigenvalue weighted by Crippen LogP contribution is 2.53. The van der Waals surface area contributed by atoms with E-state index in [1.165, 1.54) is 25.8 Å². The number of rotatable bonds is 4. The standard InChI is InChI=1S/C19H17I/c1-3-11-19(12-4-2)17-8-6-5-7-15(17)16-10-9-14(20)13-18(16)19/h3-10,13H,1-2,11-12H2. The molecule has 0 saturated heterocycles. The molecule has 2 aromatic carbocycles. The Morgan fingerprint density at radius 1 is 0.900 bits per heavy atom. The second-order valence-corrected chi connectivity index (χ2v) is 6.55. The molecular weight excluding hydrogens is 355 g/mol. The Bertz CT molecular complexity index is 672. The highest BCUT2D eigenvalue weighted by molar-refractivity contribution is 14.1. The second-order valence-electron chi connectivity index (χ2n) is 5.30. The molecule has 0 spiro atoms. The fourth-order valence-corrected chi connectivity index (χ4v) is 3.93. The van der Waals surface area contributed by atoms with Crippen molar-refractivity contribution in [3.8, 4) is 11.1 Å². The van der Waals surface area contributed by atoms with Crippen molar-refractivity contribution in [1.29, 1.82) is 0 Å². The fourth-order valence-electron chi connectivity index (χ4n) is 3.44. The highest BCUT2D eigenvalue weighted by Gasteiger charge is 2.41. The van der Waals surface area contributed by atoms with Crippen LogP contribution in [0, 0.1) is 3.57 Å². The van der Waals surface area contributed by atoms with Crippen LogP contribution in [0.2, 0.25) is 0 Å². The topological polar surface area (TPSA) is 0 Å². The molecular formula is C19H17I. The molecule has 2 aromatic rings. The van der Waals surface area contributed by atoms with Gasteiger partial charge in [0.05, 0.1) is 0 Å². The lowest BCUT2D eigenvalue weighted by Gasteiger charge is -2.30. The third-order valence-corrected chi connectivity index (χ3v) is 4.89. The van der Waals surface area contributed by atoms with E-state index < -0.39 is 0 Å². The predicted molar refractivity (Wildman–Crippen MR) is 95.0 cm³/mol. The van der Waals surface area contributed by atoms with Crippen molar-refractivity contribution >= 4 is 22.6 Å². The molecule has 0 radical (unpaired) electrons. The van der Waals surface area contributed by atoms with Crippen molar-refractivity contribution in [1.82, 2.24) is 0 Å². The number of allylic oxidation sites excluding steroid dienone is 2. The van der Waals surface area contributed by atoms with E-state index in [1.807, 2.05) is 12.2 Å². The Hall–Kier alpha value is -1.35. The van der Waals surface area contributed by atoms with Gasteiger partial charge in [-0.15, -0.1) is 13.2 Å². The molecule has 1 aliphatic carbocycles. The highest BCUT2D eigenvalue weighted by atomic mass is 127. The molecule has 0 unspecified atom stereocenters. The van der Waals surface area contributed by atoms with Crippen LogP contribution in [0.3, 0.4) is 0 Å². The van der Waals surface area contributed by atoms with E-state index in [1.54, 1.807) is 0 Å². The van der Waals surface area contributed by atoms with Crippen LogP contribution in [0.25, 0.3) is 11.1 Å². The summed E-state index contributed by atoms with van der Waals surface area (Å²) in [5.74, 6) is 0. The molecule has 0 atom stereocenters. The molecule has 0 bridgehead atoms. The first-order valence-electron chi connectivity index (χ1n) is 6.84. The minimum Gasteiger partial charge on any atom is -0.103 e. The maximum Gasteiger partial charge on any atom is 0.0284 e. The summed E-state index contributed by atoms with van der Waals surface area (Å²) in [5, 5.41) is 0. The zero-order valence-electron chi connectivity index (χ0n) is 11.4. The molecule has 1 aliphatic rings. The van der Waals surface area contributed by atoms with E-state index in [0.29, 0.717) is 0 Å². The number of hydrogen-bond donors (Lipinski definition) is 0. The molecule has 100 valence electrons. The monoisotopic (exact) mass is 372 g/mol. The lowest BCUT2D eigenvalue weighted by Crippen LogP contribution is -2.23. The maximum absolute atomic E-state index is 3.98. The summed E-state index contributed by atoms with van der Waals surface area (Å²) in [4.78, 5) is 0. The summed E-state index contributed by atoms with van der Waals surface area (Å²) in [5.41, 5.74) is 5.57. The van der Waals surface area contributed by atoms with Crippen LogP contribution in [-0.2, 0) is 5.41 Å². The van der Waals surface area contributed by atoms with Gasteiger partial charge in [0.15, 0.2) is 0 Å². The normalized spacial score (nSPS) is 14.4. The number of benzene rings is 2. The van der Waals surface area contributed by atoms with Crippen molar-refractivity contribution in [2.45, 2.75) is 18.3 Å². The van der Waals surface area contributed by atoms with E-state index in [0.717, 1.165) is 12.8 Å². The van der Waals surface area contributed by atoms with E-state index in [2.05, 4.69) is 78.2 Å². The van der Waals surface area contributed by atoms with Crippen molar-refractivity contribution in [3.05, 3.63) is 82.5 Å². The van der Waals surface area contributed by atoms with E-state index >= 15 is 0 Å². The Morgan fingerprint density at radius 3 is 2.25 bits per heavy atom. The molecule has 3 rings (SSSR count). The first-order valence-corrected chi connectivity index (χ1v) is 7.92. The summed E-state index contributed by atoms with van der Waals surface area (Å²) in [6.45, 7) is 7.97. The Balaban J connectivity index is 2.36. The van der Waals surface area contributed by atoms with E-state index in [9.17, 15) is 0 Å². The van der Waals surface area contributed by atoms with Gasteiger partial charge in [-0.2, -0.15) is 0 Å². The van der Waals surface area contributed by atoms with Gasteiger partial charge in [-0.25, -0.2) is 0 Å². The maximum atomic E-state index is 3.98. The summed E-state index contributed by atoms with van der Waals surface area (Å²) in [6.07, 6.45) is 5.97. The zero-order chi connectivity index (χ0) is 14.2. The largest absolute Gasteiger partial charge is 0.103 e. The molecule has 0 saturated carbocycles. The zero-order valence-corrected chi connectivity index (χ0v) is 13.6. The number of halogens is 1. The summed E-state index contributed by atoms with van der Waals surface area (Å²) >= 11 is 2.39. The Labute approximate surface area is 134 Å². The molecule has 0 fully saturated rings. The quantitative estimate of drug-likeness (QED) is 0.476. The minimum atomic E-state index is 0.0105. The van der Waals surface area contributed by atoms with Crippen LogP contribution >= 0.6 is 22.6 Å². The van der Waals surface area contributed by atoms with Gasteiger partial charge in [0.2, 0.25) is 0 Å². The number of fused-ring (bicyclic) bond motifs is 3. The molecule has 0 aromatic heterocycles. The van der Waals surface area contributed by atoms with E-state index in [-0.39, 0.29) is 5.41 Å². The molecule has 0 amide bonds. The fraction of sp³-hybridized carbons (Fsp3) is 0.158. The van der Waals surface area contributed by atoms with Gasteiger partial charge in [-0.05, 0) is 69.8 Å². The SMILES string of the molecule is C=CCC1(CC=C)c2ccccc2-c2ccc(I)cc21. The van der Waals surface area contributed by atoms with Crippen molar-refractivity contribution in [2.75, 3.05) is 0 Å². The van der Waals surface area contributed by atoms with Crippen molar-refractivity contribution < 1.29 is 0 Å². The Kier molecular flexibility index (Phi) is 3.55. The third kappa shape index (κ3) is 1.87. The molecule has 0 N–H and O–H groups in total. The van der Waals surface area contributed by atoms with Crippen molar-refractivity contribution in [2.24, 2.45) is 0 Å². The molecule has 0 heterocycles. The lowest BCUT2D eigenvalue weighted by molar-refractivity contribution is 0.543. The van der Waals surface area contributed by atoms with Gasteiger partial charge < -0.3 is 0 Å². The summed E-state index contributed by atoms with van der Waals surface area (Å²) < 4.78 is 1.28. The first-order chi connectivity index (χ1) is 9.73. The smallest absolute Gasteiger partial charge is 0.0284 e. The lowest BCUT2D eigenvalue weighted by atomic mass is 9.73. The molecule has 20 heavy (non-hydrogen) atoms. The summed E-state index contributed by atoms with van der Waals surface area (Å²) in [7, 11) is 0. The van der Waals surface area contributed by atoms with Gasteiger partial charge in [-0.3, -0.25) is 0 Å². The number of hydrogen-bond acceptors (Lipinski definition) is 0. The van der Waals surface area contributed by atoms with E-state index in [4.69, 9.17) is 0 Å². The molecule has 0 nitrogen and oxygen atoms in total. The first kappa shape index (κ1) is 13.6. The van der Waals surface area contributed by atoms with Crippen LogP contribution in [0.15, 0.2) is 67.8 Å². The van der Waals surface area contributed by atoms with Crippen molar-refractivity contribution in [3.63, 3.8) is 0 Å². The molecule has 1 heteroatoms. The third-order valence-electron chi connectivity index (χ3n) is 4.22. The average Bonchev–Trinajstić information content (AvgIpc) is 2.71. The van der Waals surface area contributed by atoms with Crippen LogP contribution < -0.4 is 0 Å². The van der Waals surface area contributed by atoms with Gasteiger partial charge >= 0.3 is 0 Å². The second kappa shape index (κ2) is 5.21. The molecule has 0 aliphatic heterocycles. The summed E-state index contributed by atoms with van der Waals surface area (Å²) in [6, 6.07) is 15.5. The average molecular weight is 372 g/mol. The predicted octanol–water partition coefficient (Wildman–Crippen LogP) is 5.71. The minimum absolute atomic E-state index is 0.0105. The van der Waals surface area contributed by atoms with Crippen LogP contribution in [0.1, 0.15) is 24.0 Å². The Morgan fingerprint density at radius 2 is 1.55 bits per heavy atom. The van der Waals surface area contributed by atoms with Gasteiger partial charge in [-0.1, -0.05) is 42.5 Å². The van der Waals surface area contributed by atoms with Crippen LogP contribution in [0.4, 0.5) is 0 Å². The van der Waals surface area contributed by atoms with Crippen LogP contribution in [0.5, 0.6) is 0 Å². The van der Waals surface area contributed by atoms with Gasteiger partial charge in [0, 0.05) is 8.99 Å². The van der Waals surface area contributed by atoms with Gasteiger partial charge in [0.25, 0.3) is 0 Å².